The van der Waals surface area contributed by atoms with E-state index >= 15 is 0 Å². The molecule has 0 aromatic rings. The average molecular weight is 264 g/mol. The van der Waals surface area contributed by atoms with E-state index in [1.165, 1.54) is 45.4 Å². The van der Waals surface area contributed by atoms with Gasteiger partial charge >= 0.3 is 0 Å². The van der Waals surface area contributed by atoms with Crippen LogP contribution < -0.4 is 5.32 Å². The van der Waals surface area contributed by atoms with Crippen LogP contribution in [0.5, 0.6) is 0 Å². The predicted molar refractivity (Wildman–Crippen MR) is 81.2 cm³/mol. The summed E-state index contributed by atoms with van der Waals surface area (Å²) in [6.07, 6.45) is 8.83. The molecule has 1 heterocycles. The fourth-order valence-corrected chi connectivity index (χ4v) is 4.85. The molecule has 1 saturated heterocycles. The molecule has 2 aliphatic carbocycles. The second-order valence-corrected chi connectivity index (χ2v) is 7.60. The maximum atomic E-state index is 3.74. The van der Waals surface area contributed by atoms with E-state index in [-0.39, 0.29) is 0 Å². The van der Waals surface area contributed by atoms with Crippen molar-refractivity contribution in [1.82, 2.24) is 10.2 Å². The maximum absolute atomic E-state index is 3.74. The first kappa shape index (κ1) is 13.9. The highest BCUT2D eigenvalue weighted by Crippen LogP contribution is 2.48. The number of rotatable bonds is 3. The third-order valence-corrected chi connectivity index (χ3v) is 5.99. The van der Waals surface area contributed by atoms with Crippen molar-refractivity contribution in [3.63, 3.8) is 0 Å². The minimum Gasteiger partial charge on any atom is -0.314 e. The van der Waals surface area contributed by atoms with E-state index < -0.39 is 0 Å². The molecular weight excluding hydrogens is 232 g/mol. The van der Waals surface area contributed by atoms with E-state index in [1.54, 1.807) is 19.3 Å². The SMILES string of the molecule is CCC1CCN(CC2CC3CCC2C3)CC(C)CN1. The maximum Gasteiger partial charge on any atom is 0.00767 e. The molecule has 3 aliphatic rings. The van der Waals surface area contributed by atoms with E-state index in [1.807, 2.05) is 0 Å². The summed E-state index contributed by atoms with van der Waals surface area (Å²) in [5.41, 5.74) is 0. The Morgan fingerprint density at radius 2 is 2.05 bits per heavy atom. The molecule has 2 bridgehead atoms. The van der Waals surface area contributed by atoms with E-state index in [4.69, 9.17) is 0 Å². The van der Waals surface area contributed by atoms with Gasteiger partial charge in [-0.2, -0.15) is 0 Å². The second kappa shape index (κ2) is 6.13. The minimum atomic E-state index is 0.755. The smallest absolute Gasteiger partial charge is 0.00767 e. The normalized spacial score (nSPS) is 44.2. The van der Waals surface area contributed by atoms with Crippen LogP contribution in [0.4, 0.5) is 0 Å². The molecular formula is C17H32N2. The molecule has 2 nitrogen and oxygen atoms in total. The first-order valence-corrected chi connectivity index (χ1v) is 8.70. The van der Waals surface area contributed by atoms with Gasteiger partial charge in [0.15, 0.2) is 0 Å². The van der Waals surface area contributed by atoms with E-state index in [0.717, 1.165) is 29.7 Å². The van der Waals surface area contributed by atoms with E-state index in [9.17, 15) is 0 Å². The molecule has 1 aliphatic heterocycles. The van der Waals surface area contributed by atoms with Gasteiger partial charge in [-0.05, 0) is 68.9 Å². The van der Waals surface area contributed by atoms with Gasteiger partial charge in [-0.25, -0.2) is 0 Å². The second-order valence-electron chi connectivity index (χ2n) is 7.60. The quantitative estimate of drug-likeness (QED) is 0.842. The molecule has 5 atom stereocenters. The molecule has 0 aromatic carbocycles. The highest BCUT2D eigenvalue weighted by Gasteiger charge is 2.40. The van der Waals surface area contributed by atoms with Gasteiger partial charge in [0, 0.05) is 19.1 Å². The Labute approximate surface area is 119 Å². The molecule has 0 amide bonds. The zero-order valence-corrected chi connectivity index (χ0v) is 12.9. The molecule has 19 heavy (non-hydrogen) atoms. The van der Waals surface area contributed by atoms with Gasteiger partial charge in [-0.1, -0.05) is 20.3 Å². The van der Waals surface area contributed by atoms with Gasteiger partial charge in [0.25, 0.3) is 0 Å². The Hall–Kier alpha value is -0.0800. The van der Waals surface area contributed by atoms with Crippen LogP contribution in [-0.4, -0.2) is 37.1 Å². The lowest BCUT2D eigenvalue weighted by atomic mass is 9.88. The van der Waals surface area contributed by atoms with Crippen molar-refractivity contribution in [3.05, 3.63) is 0 Å². The standard InChI is InChI=1S/C17H32N2/c1-3-17-6-7-19(11-13(2)10-18-17)12-16-9-14-4-5-15(16)8-14/h13-18H,3-12H2,1-2H3. The first-order valence-electron chi connectivity index (χ1n) is 8.70. The summed E-state index contributed by atoms with van der Waals surface area (Å²) in [4.78, 5) is 2.81. The van der Waals surface area contributed by atoms with Crippen molar-refractivity contribution in [2.24, 2.45) is 23.7 Å². The van der Waals surface area contributed by atoms with Crippen molar-refractivity contribution in [3.8, 4) is 0 Å². The van der Waals surface area contributed by atoms with Gasteiger partial charge < -0.3 is 10.2 Å². The summed E-state index contributed by atoms with van der Waals surface area (Å²) in [6.45, 7) is 10.00. The monoisotopic (exact) mass is 264 g/mol. The highest BCUT2D eigenvalue weighted by molar-refractivity contribution is 4.91. The van der Waals surface area contributed by atoms with Crippen LogP contribution >= 0.6 is 0 Å². The van der Waals surface area contributed by atoms with Crippen LogP contribution in [0.3, 0.4) is 0 Å². The number of hydrogen-bond donors (Lipinski definition) is 1. The molecule has 1 N–H and O–H groups in total. The molecule has 5 unspecified atom stereocenters. The van der Waals surface area contributed by atoms with E-state index in [0.29, 0.717) is 0 Å². The molecule has 110 valence electrons. The van der Waals surface area contributed by atoms with Gasteiger partial charge in [0.05, 0.1) is 0 Å². The lowest BCUT2D eigenvalue weighted by molar-refractivity contribution is 0.149. The Morgan fingerprint density at radius 1 is 1.16 bits per heavy atom. The molecule has 0 spiro atoms. The lowest BCUT2D eigenvalue weighted by Crippen LogP contribution is -2.45. The van der Waals surface area contributed by atoms with Crippen LogP contribution in [0, 0.1) is 23.7 Å². The Morgan fingerprint density at radius 3 is 2.74 bits per heavy atom. The Balaban J connectivity index is 1.53. The summed E-state index contributed by atoms with van der Waals surface area (Å²) >= 11 is 0. The molecule has 3 fully saturated rings. The minimum absolute atomic E-state index is 0.755. The van der Waals surface area contributed by atoms with Gasteiger partial charge in [0.2, 0.25) is 0 Å². The summed E-state index contributed by atoms with van der Waals surface area (Å²) in [6, 6.07) is 0.755. The average Bonchev–Trinajstić information content (AvgIpc) is 2.98. The van der Waals surface area contributed by atoms with Crippen LogP contribution in [-0.2, 0) is 0 Å². The Bertz CT molecular complexity index is 291. The first-order chi connectivity index (χ1) is 9.24. The third-order valence-electron chi connectivity index (χ3n) is 5.99. The highest BCUT2D eigenvalue weighted by atomic mass is 15.1. The summed E-state index contributed by atoms with van der Waals surface area (Å²) in [5.74, 6) is 4.05. The molecule has 3 rings (SSSR count). The van der Waals surface area contributed by atoms with Crippen molar-refractivity contribution < 1.29 is 0 Å². The van der Waals surface area contributed by atoms with Crippen molar-refractivity contribution in [2.75, 3.05) is 26.2 Å². The van der Waals surface area contributed by atoms with Gasteiger partial charge in [-0.15, -0.1) is 0 Å². The van der Waals surface area contributed by atoms with E-state index in [2.05, 4.69) is 24.1 Å². The fourth-order valence-electron chi connectivity index (χ4n) is 4.85. The lowest BCUT2D eigenvalue weighted by Gasteiger charge is -2.35. The van der Waals surface area contributed by atoms with Crippen LogP contribution in [0.1, 0.15) is 52.4 Å². The van der Waals surface area contributed by atoms with Crippen molar-refractivity contribution in [1.29, 1.82) is 0 Å². The largest absolute Gasteiger partial charge is 0.314 e. The van der Waals surface area contributed by atoms with Crippen LogP contribution in [0.25, 0.3) is 0 Å². The fraction of sp³-hybridized carbons (Fsp3) is 1.00. The zero-order chi connectivity index (χ0) is 13.2. The number of hydrogen-bond acceptors (Lipinski definition) is 2. The molecule has 2 saturated carbocycles. The Kier molecular flexibility index (Phi) is 4.48. The molecule has 0 aromatic heterocycles. The molecule has 2 heteroatoms. The zero-order valence-electron chi connectivity index (χ0n) is 12.9. The third kappa shape index (κ3) is 3.33. The van der Waals surface area contributed by atoms with Gasteiger partial charge in [0.1, 0.15) is 0 Å². The summed E-state index contributed by atoms with van der Waals surface area (Å²) in [5, 5.41) is 3.74. The van der Waals surface area contributed by atoms with Gasteiger partial charge in [-0.3, -0.25) is 0 Å². The van der Waals surface area contributed by atoms with Crippen molar-refractivity contribution >= 4 is 0 Å². The summed E-state index contributed by atoms with van der Waals surface area (Å²) in [7, 11) is 0. The summed E-state index contributed by atoms with van der Waals surface area (Å²) < 4.78 is 0. The number of fused-ring (bicyclic) bond motifs is 2. The predicted octanol–water partition coefficient (Wildman–Crippen LogP) is 3.13. The number of nitrogens with zero attached hydrogens (tertiary/aromatic N) is 1. The van der Waals surface area contributed by atoms with Crippen LogP contribution in [0.15, 0.2) is 0 Å². The number of nitrogens with one attached hydrogen (secondary N) is 1. The molecule has 0 radical (unpaired) electrons. The topological polar surface area (TPSA) is 15.3 Å². The van der Waals surface area contributed by atoms with Crippen LogP contribution in [0.2, 0.25) is 0 Å². The van der Waals surface area contributed by atoms with Crippen molar-refractivity contribution in [2.45, 2.75) is 58.4 Å².